The molecular formula is C16H13Cl2N3. The van der Waals surface area contributed by atoms with Gasteiger partial charge in [0.15, 0.2) is 5.82 Å². The Bertz CT molecular complexity index is 809. The maximum atomic E-state index is 6.41. The molecule has 5 heteroatoms. The van der Waals surface area contributed by atoms with Crippen LogP contribution in [-0.2, 0) is 0 Å². The van der Waals surface area contributed by atoms with Crippen molar-refractivity contribution in [2.45, 2.75) is 6.92 Å². The first kappa shape index (κ1) is 14.0. The lowest BCUT2D eigenvalue weighted by Crippen LogP contribution is -1.90. The van der Waals surface area contributed by atoms with Crippen molar-refractivity contribution in [3.8, 4) is 22.4 Å². The number of benzene rings is 2. The minimum Gasteiger partial charge on any atom is -0.382 e. The second kappa shape index (κ2) is 5.43. The molecule has 2 aromatic carbocycles. The van der Waals surface area contributed by atoms with Crippen LogP contribution in [0.1, 0.15) is 5.56 Å². The van der Waals surface area contributed by atoms with Crippen LogP contribution in [0.25, 0.3) is 22.4 Å². The van der Waals surface area contributed by atoms with E-state index in [0.717, 1.165) is 27.9 Å². The minimum atomic E-state index is 0.399. The van der Waals surface area contributed by atoms with E-state index in [4.69, 9.17) is 28.9 Å². The molecule has 1 heterocycles. The zero-order valence-electron chi connectivity index (χ0n) is 11.3. The zero-order chi connectivity index (χ0) is 15.0. The normalized spacial score (nSPS) is 10.8. The van der Waals surface area contributed by atoms with E-state index in [1.807, 2.05) is 49.4 Å². The van der Waals surface area contributed by atoms with Gasteiger partial charge in [-0.15, -0.1) is 0 Å². The van der Waals surface area contributed by atoms with Gasteiger partial charge in [0.1, 0.15) is 0 Å². The molecule has 0 radical (unpaired) electrons. The second-order valence-electron chi connectivity index (χ2n) is 4.78. The average molecular weight is 318 g/mol. The number of H-pyrrole nitrogens is 1. The first-order chi connectivity index (χ1) is 10.1. The summed E-state index contributed by atoms with van der Waals surface area (Å²) in [6, 6.07) is 13.4. The number of aromatic amines is 1. The summed E-state index contributed by atoms with van der Waals surface area (Å²) < 4.78 is 0. The summed E-state index contributed by atoms with van der Waals surface area (Å²) in [5.41, 5.74) is 10.2. The van der Waals surface area contributed by atoms with Crippen molar-refractivity contribution < 1.29 is 0 Å². The molecule has 0 spiro atoms. The van der Waals surface area contributed by atoms with E-state index < -0.39 is 0 Å². The molecule has 0 aliphatic carbocycles. The lowest BCUT2D eigenvalue weighted by molar-refractivity contribution is 1.10. The molecule has 1 aromatic heterocycles. The number of hydrogen-bond acceptors (Lipinski definition) is 2. The van der Waals surface area contributed by atoms with Gasteiger partial charge in [-0.2, -0.15) is 5.10 Å². The first-order valence-electron chi connectivity index (χ1n) is 6.44. The first-order valence-corrected chi connectivity index (χ1v) is 7.19. The lowest BCUT2D eigenvalue weighted by Gasteiger charge is -2.09. The van der Waals surface area contributed by atoms with Crippen molar-refractivity contribution in [2.24, 2.45) is 0 Å². The molecule has 3 nitrogen and oxygen atoms in total. The van der Waals surface area contributed by atoms with Crippen LogP contribution in [0.2, 0.25) is 10.0 Å². The standard InChI is InChI=1S/C16H13Cl2N3/c1-9-5-4-7-11(14(9)18)15-13(16(19)21-20-15)10-6-2-3-8-12(10)17/h2-8H,1H3,(H3,19,20,21). The van der Waals surface area contributed by atoms with Crippen LogP contribution in [0.4, 0.5) is 5.82 Å². The fourth-order valence-electron chi connectivity index (χ4n) is 2.33. The average Bonchev–Trinajstić information content (AvgIpc) is 2.84. The van der Waals surface area contributed by atoms with Crippen LogP contribution in [0, 0.1) is 6.92 Å². The van der Waals surface area contributed by atoms with Crippen molar-refractivity contribution in [3.63, 3.8) is 0 Å². The Morgan fingerprint density at radius 1 is 1.00 bits per heavy atom. The van der Waals surface area contributed by atoms with E-state index in [0.29, 0.717) is 15.9 Å². The van der Waals surface area contributed by atoms with Crippen molar-refractivity contribution in [1.82, 2.24) is 10.2 Å². The Balaban J connectivity index is 2.28. The van der Waals surface area contributed by atoms with Crippen molar-refractivity contribution >= 4 is 29.0 Å². The summed E-state index contributed by atoms with van der Waals surface area (Å²) in [4.78, 5) is 0. The molecule has 0 saturated heterocycles. The van der Waals surface area contributed by atoms with Crippen LogP contribution < -0.4 is 5.73 Å². The third-order valence-corrected chi connectivity index (χ3v) is 4.23. The summed E-state index contributed by atoms with van der Waals surface area (Å²) in [5.74, 6) is 0.399. The molecule has 3 rings (SSSR count). The molecule has 0 aliphatic rings. The minimum absolute atomic E-state index is 0.399. The fourth-order valence-corrected chi connectivity index (χ4v) is 2.78. The molecule has 0 saturated carbocycles. The number of anilines is 1. The maximum absolute atomic E-state index is 6.41. The molecule has 0 aliphatic heterocycles. The summed E-state index contributed by atoms with van der Waals surface area (Å²) in [6.45, 7) is 1.96. The topological polar surface area (TPSA) is 54.7 Å². The van der Waals surface area contributed by atoms with E-state index >= 15 is 0 Å². The van der Waals surface area contributed by atoms with E-state index in [9.17, 15) is 0 Å². The Labute approximate surface area is 132 Å². The molecule has 21 heavy (non-hydrogen) atoms. The van der Waals surface area contributed by atoms with Gasteiger partial charge in [-0.05, 0) is 18.6 Å². The predicted molar refractivity (Wildman–Crippen MR) is 88.6 cm³/mol. The third kappa shape index (κ3) is 2.39. The Kier molecular flexibility index (Phi) is 3.62. The molecule has 106 valence electrons. The molecule has 0 bridgehead atoms. The maximum Gasteiger partial charge on any atom is 0.153 e. The summed E-state index contributed by atoms with van der Waals surface area (Å²) >= 11 is 12.7. The molecule has 0 atom stereocenters. The van der Waals surface area contributed by atoms with Crippen molar-refractivity contribution in [2.75, 3.05) is 5.73 Å². The van der Waals surface area contributed by atoms with Gasteiger partial charge >= 0.3 is 0 Å². The number of rotatable bonds is 2. The van der Waals surface area contributed by atoms with Crippen LogP contribution in [0.3, 0.4) is 0 Å². The highest BCUT2D eigenvalue weighted by atomic mass is 35.5. The predicted octanol–water partition coefficient (Wildman–Crippen LogP) is 4.94. The summed E-state index contributed by atoms with van der Waals surface area (Å²) in [7, 11) is 0. The summed E-state index contributed by atoms with van der Waals surface area (Å²) in [5, 5.41) is 8.38. The Morgan fingerprint density at radius 3 is 2.48 bits per heavy atom. The molecule has 0 fully saturated rings. The molecule has 3 N–H and O–H groups in total. The second-order valence-corrected chi connectivity index (χ2v) is 5.56. The fraction of sp³-hybridized carbons (Fsp3) is 0.0625. The molecule has 0 amide bonds. The van der Waals surface area contributed by atoms with Crippen LogP contribution in [-0.4, -0.2) is 10.2 Å². The van der Waals surface area contributed by atoms with E-state index in [-0.39, 0.29) is 0 Å². The van der Waals surface area contributed by atoms with Gasteiger partial charge < -0.3 is 5.73 Å². The number of nitrogens with zero attached hydrogens (tertiary/aromatic N) is 1. The molecule has 0 unspecified atom stereocenters. The van der Waals surface area contributed by atoms with E-state index in [1.165, 1.54) is 0 Å². The van der Waals surface area contributed by atoms with Crippen LogP contribution in [0.5, 0.6) is 0 Å². The van der Waals surface area contributed by atoms with E-state index in [2.05, 4.69) is 10.2 Å². The lowest BCUT2D eigenvalue weighted by atomic mass is 9.99. The smallest absolute Gasteiger partial charge is 0.153 e. The number of nitrogens with two attached hydrogens (primary N) is 1. The quantitative estimate of drug-likeness (QED) is 0.703. The van der Waals surface area contributed by atoms with Crippen LogP contribution >= 0.6 is 23.2 Å². The Morgan fingerprint density at radius 2 is 1.71 bits per heavy atom. The highest BCUT2D eigenvalue weighted by Crippen LogP contribution is 2.40. The van der Waals surface area contributed by atoms with Crippen molar-refractivity contribution in [1.29, 1.82) is 0 Å². The Hall–Kier alpha value is -1.97. The highest BCUT2D eigenvalue weighted by Gasteiger charge is 2.19. The number of aryl methyl sites for hydroxylation is 1. The van der Waals surface area contributed by atoms with Crippen LogP contribution in [0.15, 0.2) is 42.5 Å². The summed E-state index contributed by atoms with van der Waals surface area (Å²) in [6.07, 6.45) is 0. The van der Waals surface area contributed by atoms with Gasteiger partial charge in [-0.1, -0.05) is 59.6 Å². The van der Waals surface area contributed by atoms with Crippen molar-refractivity contribution in [3.05, 3.63) is 58.1 Å². The number of halogens is 2. The highest BCUT2D eigenvalue weighted by molar-refractivity contribution is 6.35. The van der Waals surface area contributed by atoms with Gasteiger partial charge in [0.2, 0.25) is 0 Å². The largest absolute Gasteiger partial charge is 0.382 e. The SMILES string of the molecule is Cc1cccc(-c2[nH]nc(N)c2-c2ccccc2Cl)c1Cl. The molecular weight excluding hydrogens is 305 g/mol. The van der Waals surface area contributed by atoms with E-state index in [1.54, 1.807) is 0 Å². The number of hydrogen-bond donors (Lipinski definition) is 2. The van der Waals surface area contributed by atoms with Gasteiger partial charge in [-0.25, -0.2) is 0 Å². The number of nitrogens with one attached hydrogen (secondary N) is 1. The van der Waals surface area contributed by atoms with Gasteiger partial charge in [0.25, 0.3) is 0 Å². The van der Waals surface area contributed by atoms with Gasteiger partial charge in [-0.3, -0.25) is 5.10 Å². The number of nitrogen functional groups attached to an aromatic ring is 1. The number of aromatic nitrogens is 2. The van der Waals surface area contributed by atoms with Gasteiger partial charge in [0.05, 0.1) is 16.3 Å². The molecule has 3 aromatic rings. The third-order valence-electron chi connectivity index (χ3n) is 3.40. The van der Waals surface area contributed by atoms with Gasteiger partial charge in [0, 0.05) is 16.1 Å². The zero-order valence-corrected chi connectivity index (χ0v) is 12.8. The monoisotopic (exact) mass is 317 g/mol.